The van der Waals surface area contributed by atoms with Gasteiger partial charge in [0.05, 0.1) is 0 Å². The third-order valence-corrected chi connectivity index (χ3v) is 1.87. The van der Waals surface area contributed by atoms with Crippen LogP contribution in [0.3, 0.4) is 0 Å². The van der Waals surface area contributed by atoms with Crippen LogP contribution in [-0.4, -0.2) is 29.2 Å². The average Bonchev–Trinajstić information content (AvgIpc) is 2.10. The number of urea groups is 1. The summed E-state index contributed by atoms with van der Waals surface area (Å²) in [6.45, 7) is 5.62. The zero-order chi connectivity index (χ0) is 11.8. The second-order valence-electron chi connectivity index (χ2n) is 3.81. The van der Waals surface area contributed by atoms with Gasteiger partial charge in [-0.2, -0.15) is 0 Å². The fourth-order valence-corrected chi connectivity index (χ4v) is 1.13. The lowest BCUT2D eigenvalue weighted by atomic mass is 10.1. The minimum atomic E-state index is -0.984. The molecule has 2 amide bonds. The molecule has 0 saturated carbocycles. The van der Waals surface area contributed by atoms with Gasteiger partial charge in [0.1, 0.15) is 6.04 Å². The molecule has 0 bridgehead atoms. The van der Waals surface area contributed by atoms with Gasteiger partial charge in [0.2, 0.25) is 0 Å². The van der Waals surface area contributed by atoms with Crippen molar-refractivity contribution in [1.82, 2.24) is 10.6 Å². The van der Waals surface area contributed by atoms with Crippen LogP contribution in [0.2, 0.25) is 0 Å². The highest BCUT2D eigenvalue weighted by Crippen LogP contribution is 2.00. The predicted octanol–water partition coefficient (Wildman–Crippen LogP) is 1.34. The van der Waals surface area contributed by atoms with E-state index in [2.05, 4.69) is 10.6 Å². The maximum atomic E-state index is 11.2. The topological polar surface area (TPSA) is 78.4 Å². The Morgan fingerprint density at radius 2 is 1.87 bits per heavy atom. The van der Waals surface area contributed by atoms with E-state index in [-0.39, 0.29) is 6.04 Å². The van der Waals surface area contributed by atoms with E-state index in [0.29, 0.717) is 6.42 Å². The highest BCUT2D eigenvalue weighted by Gasteiger charge is 2.18. The molecule has 0 spiro atoms. The molecule has 0 rings (SSSR count). The Bertz CT molecular complexity index is 217. The Labute approximate surface area is 90.2 Å². The molecule has 1 atom stereocenters. The summed E-state index contributed by atoms with van der Waals surface area (Å²) in [5.41, 5.74) is 0. The Kier molecular flexibility index (Phi) is 6.49. The van der Waals surface area contributed by atoms with Gasteiger partial charge < -0.3 is 15.7 Å². The highest BCUT2D eigenvalue weighted by atomic mass is 16.4. The Morgan fingerprint density at radius 3 is 2.27 bits per heavy atom. The molecule has 0 aliphatic heterocycles. The van der Waals surface area contributed by atoms with Crippen LogP contribution in [0.1, 0.15) is 40.0 Å². The number of carboxylic acid groups (broad SMARTS) is 1. The molecule has 3 N–H and O–H groups in total. The molecule has 88 valence electrons. The lowest BCUT2D eigenvalue weighted by Gasteiger charge is -2.16. The van der Waals surface area contributed by atoms with Gasteiger partial charge in [-0.25, -0.2) is 9.59 Å². The van der Waals surface area contributed by atoms with Gasteiger partial charge in [-0.1, -0.05) is 19.8 Å². The maximum absolute atomic E-state index is 11.2. The number of carbonyl (C=O) groups excluding carboxylic acids is 1. The van der Waals surface area contributed by atoms with Gasteiger partial charge in [-0.15, -0.1) is 0 Å². The zero-order valence-electron chi connectivity index (χ0n) is 9.54. The van der Waals surface area contributed by atoms with Gasteiger partial charge in [0.25, 0.3) is 0 Å². The van der Waals surface area contributed by atoms with Crippen LogP contribution in [0.25, 0.3) is 0 Å². The minimum absolute atomic E-state index is 0.00520. The van der Waals surface area contributed by atoms with Gasteiger partial charge >= 0.3 is 12.0 Å². The molecule has 0 aromatic heterocycles. The number of hydrogen-bond donors (Lipinski definition) is 3. The maximum Gasteiger partial charge on any atom is 0.326 e. The quantitative estimate of drug-likeness (QED) is 0.627. The summed E-state index contributed by atoms with van der Waals surface area (Å²) >= 11 is 0. The van der Waals surface area contributed by atoms with Crippen molar-refractivity contribution >= 4 is 12.0 Å². The van der Waals surface area contributed by atoms with Crippen LogP contribution >= 0.6 is 0 Å². The Hall–Kier alpha value is -1.26. The van der Waals surface area contributed by atoms with E-state index in [1.807, 2.05) is 20.8 Å². The van der Waals surface area contributed by atoms with Gasteiger partial charge in [-0.3, -0.25) is 0 Å². The van der Waals surface area contributed by atoms with Crippen molar-refractivity contribution in [3.63, 3.8) is 0 Å². The monoisotopic (exact) mass is 216 g/mol. The van der Waals surface area contributed by atoms with E-state index < -0.39 is 18.0 Å². The van der Waals surface area contributed by atoms with Crippen LogP contribution < -0.4 is 10.6 Å². The van der Waals surface area contributed by atoms with Crippen LogP contribution in [0.4, 0.5) is 4.79 Å². The standard InChI is InChI=1S/C10H20N2O3/c1-4-5-6-8(9(13)14)12-10(15)11-7(2)3/h7-8H,4-6H2,1-3H3,(H,13,14)(H2,11,12,15)/t8-/m0/s1. The number of rotatable bonds is 6. The number of aliphatic carboxylic acids is 1. The van der Waals surface area contributed by atoms with E-state index >= 15 is 0 Å². The van der Waals surface area contributed by atoms with E-state index in [9.17, 15) is 9.59 Å². The van der Waals surface area contributed by atoms with Crippen LogP contribution in [0.15, 0.2) is 0 Å². The fraction of sp³-hybridized carbons (Fsp3) is 0.800. The molecule has 0 fully saturated rings. The second kappa shape index (κ2) is 7.09. The third kappa shape index (κ3) is 6.76. The number of carbonyl (C=O) groups is 2. The number of hydrogen-bond acceptors (Lipinski definition) is 2. The summed E-state index contributed by atoms with van der Waals surface area (Å²) in [6, 6.07) is -1.21. The first-order valence-electron chi connectivity index (χ1n) is 5.27. The molecule has 15 heavy (non-hydrogen) atoms. The lowest BCUT2D eigenvalue weighted by molar-refractivity contribution is -0.139. The van der Waals surface area contributed by atoms with Gasteiger partial charge in [0, 0.05) is 6.04 Å². The Morgan fingerprint density at radius 1 is 1.27 bits per heavy atom. The van der Waals surface area contributed by atoms with Crippen molar-refractivity contribution in [3.05, 3.63) is 0 Å². The molecular weight excluding hydrogens is 196 g/mol. The molecule has 0 aromatic carbocycles. The smallest absolute Gasteiger partial charge is 0.326 e. The fourth-order valence-electron chi connectivity index (χ4n) is 1.13. The molecule has 0 aliphatic rings. The molecular formula is C10H20N2O3. The molecule has 0 heterocycles. The highest BCUT2D eigenvalue weighted by molar-refractivity contribution is 5.82. The summed E-state index contributed by atoms with van der Waals surface area (Å²) in [7, 11) is 0. The van der Waals surface area contributed by atoms with Gasteiger partial charge in [-0.05, 0) is 20.3 Å². The first-order chi connectivity index (χ1) is 6.97. The van der Waals surface area contributed by atoms with E-state index in [1.54, 1.807) is 0 Å². The van der Waals surface area contributed by atoms with Crippen molar-refractivity contribution in [1.29, 1.82) is 0 Å². The van der Waals surface area contributed by atoms with E-state index in [0.717, 1.165) is 12.8 Å². The number of nitrogens with one attached hydrogen (secondary N) is 2. The van der Waals surface area contributed by atoms with Crippen molar-refractivity contribution < 1.29 is 14.7 Å². The summed E-state index contributed by atoms with van der Waals surface area (Å²) < 4.78 is 0. The van der Waals surface area contributed by atoms with Crippen molar-refractivity contribution in [3.8, 4) is 0 Å². The van der Waals surface area contributed by atoms with E-state index in [1.165, 1.54) is 0 Å². The Balaban J connectivity index is 4.04. The summed E-state index contributed by atoms with van der Waals surface area (Å²) in [5, 5.41) is 13.9. The minimum Gasteiger partial charge on any atom is -0.480 e. The third-order valence-electron chi connectivity index (χ3n) is 1.87. The van der Waals surface area contributed by atoms with Crippen LogP contribution in [-0.2, 0) is 4.79 Å². The molecule has 0 aliphatic carbocycles. The SMILES string of the molecule is CCCC[C@H](NC(=O)NC(C)C)C(=O)O. The molecule has 0 aromatic rings. The lowest BCUT2D eigenvalue weighted by Crippen LogP contribution is -2.47. The van der Waals surface area contributed by atoms with Crippen LogP contribution in [0, 0.1) is 0 Å². The normalized spacial score (nSPS) is 12.3. The number of amides is 2. The largest absolute Gasteiger partial charge is 0.480 e. The van der Waals surface area contributed by atoms with Crippen molar-refractivity contribution in [2.24, 2.45) is 0 Å². The predicted molar refractivity (Wildman–Crippen MR) is 57.8 cm³/mol. The van der Waals surface area contributed by atoms with Crippen molar-refractivity contribution in [2.45, 2.75) is 52.1 Å². The summed E-state index contributed by atoms with van der Waals surface area (Å²) in [4.78, 5) is 22.0. The molecule has 5 nitrogen and oxygen atoms in total. The number of carboxylic acids is 1. The second-order valence-corrected chi connectivity index (χ2v) is 3.81. The number of unbranched alkanes of at least 4 members (excludes halogenated alkanes) is 1. The first-order valence-corrected chi connectivity index (χ1v) is 5.27. The van der Waals surface area contributed by atoms with Crippen LogP contribution in [0.5, 0.6) is 0 Å². The van der Waals surface area contributed by atoms with Gasteiger partial charge in [0.15, 0.2) is 0 Å². The van der Waals surface area contributed by atoms with E-state index in [4.69, 9.17) is 5.11 Å². The first kappa shape index (κ1) is 13.7. The summed E-state index contributed by atoms with van der Waals surface area (Å²) in [6.07, 6.45) is 2.17. The molecule has 5 heteroatoms. The zero-order valence-corrected chi connectivity index (χ0v) is 9.54. The van der Waals surface area contributed by atoms with Crippen molar-refractivity contribution in [2.75, 3.05) is 0 Å². The molecule has 0 unspecified atom stereocenters. The molecule has 0 radical (unpaired) electrons. The summed E-state index contributed by atoms with van der Waals surface area (Å²) in [5.74, 6) is -0.984. The average molecular weight is 216 g/mol. The molecule has 0 saturated heterocycles.